The van der Waals surface area contributed by atoms with Crippen LogP contribution in [0.4, 0.5) is 42.1 Å². The lowest BCUT2D eigenvalue weighted by Crippen LogP contribution is -2.23. The Labute approximate surface area is 168 Å². The van der Waals surface area contributed by atoms with Gasteiger partial charge in [-0.1, -0.05) is 0 Å². The van der Waals surface area contributed by atoms with Gasteiger partial charge in [-0.3, -0.25) is 0 Å². The van der Waals surface area contributed by atoms with Crippen LogP contribution < -0.4 is 16.3 Å². The van der Waals surface area contributed by atoms with Gasteiger partial charge < -0.3 is 15.1 Å². The quantitative estimate of drug-likeness (QED) is 0.234. The van der Waals surface area contributed by atoms with E-state index in [0.717, 1.165) is 0 Å². The molecule has 4 nitrogen and oxygen atoms in total. The zero-order chi connectivity index (χ0) is 22.4. The summed E-state index contributed by atoms with van der Waals surface area (Å²) in [6, 6.07) is 5.57. The lowest BCUT2D eigenvalue weighted by molar-refractivity contribution is -0.143. The molecular formula is C18H9F7N2O2S. The van der Waals surface area contributed by atoms with Crippen LogP contribution in [0.25, 0.3) is 11.0 Å². The number of anilines is 2. The lowest BCUT2D eigenvalue weighted by Gasteiger charge is -2.16. The number of hydrogen-bond acceptors (Lipinski definition) is 3. The molecule has 0 unspecified atom stereocenters. The Hall–Kier alpha value is -3.15. The lowest BCUT2D eigenvalue weighted by atomic mass is 10.1. The number of thiocarbonyl (C=S) groups is 1. The maximum Gasteiger partial charge on any atom is 0.422 e. The van der Waals surface area contributed by atoms with Crippen molar-refractivity contribution in [1.82, 2.24) is 0 Å². The van der Waals surface area contributed by atoms with Crippen LogP contribution in [0.3, 0.4) is 0 Å². The van der Waals surface area contributed by atoms with Crippen LogP contribution in [0, 0.1) is 30.2 Å². The summed E-state index contributed by atoms with van der Waals surface area (Å²) < 4.78 is 98.2. The Bertz CT molecular complexity index is 1210. The average molecular weight is 450 g/mol. The fourth-order valence-electron chi connectivity index (χ4n) is 2.67. The third-order valence-corrected chi connectivity index (χ3v) is 4.20. The predicted molar refractivity (Wildman–Crippen MR) is 98.3 cm³/mol. The van der Waals surface area contributed by atoms with Crippen molar-refractivity contribution in [1.29, 1.82) is 0 Å². The Balaban J connectivity index is 1.92. The van der Waals surface area contributed by atoms with E-state index in [1.54, 1.807) is 12.2 Å². The molecule has 3 rings (SSSR count). The second-order valence-corrected chi connectivity index (χ2v) is 6.45. The summed E-state index contributed by atoms with van der Waals surface area (Å²) >= 11 is 4.79. The molecule has 1 aromatic heterocycles. The maximum atomic E-state index is 13.9. The van der Waals surface area contributed by atoms with Crippen LogP contribution >= 0.6 is 12.2 Å². The van der Waals surface area contributed by atoms with Gasteiger partial charge in [0.25, 0.3) is 0 Å². The van der Waals surface area contributed by atoms with E-state index in [-0.39, 0.29) is 11.3 Å². The normalized spacial score (nSPS) is 11.6. The molecule has 0 amide bonds. The largest absolute Gasteiger partial charge is 0.423 e. The summed E-state index contributed by atoms with van der Waals surface area (Å²) in [4.78, 5) is 11.5. The molecule has 12 heteroatoms. The van der Waals surface area contributed by atoms with Crippen LogP contribution in [0.1, 0.15) is 11.1 Å². The molecule has 0 atom stereocenters. The maximum absolute atomic E-state index is 13.9. The summed E-state index contributed by atoms with van der Waals surface area (Å²) in [5.74, 6) is -9.83. The zero-order valence-corrected chi connectivity index (χ0v) is 15.5. The third kappa shape index (κ3) is 3.95. The van der Waals surface area contributed by atoms with Crippen molar-refractivity contribution in [2.24, 2.45) is 0 Å². The number of alkyl halides is 3. The Morgan fingerprint density at radius 1 is 0.967 bits per heavy atom. The molecule has 0 saturated carbocycles. The van der Waals surface area contributed by atoms with Gasteiger partial charge >= 0.3 is 11.8 Å². The van der Waals surface area contributed by atoms with Gasteiger partial charge in [0.1, 0.15) is 16.8 Å². The molecule has 0 radical (unpaired) electrons. The van der Waals surface area contributed by atoms with E-state index in [4.69, 9.17) is 16.6 Å². The molecule has 0 bridgehead atoms. The Morgan fingerprint density at radius 3 is 2.13 bits per heavy atom. The van der Waals surface area contributed by atoms with Crippen molar-refractivity contribution in [3.63, 3.8) is 0 Å². The molecule has 0 aliphatic carbocycles. The van der Waals surface area contributed by atoms with Crippen molar-refractivity contribution in [3.05, 3.63) is 69.1 Å². The fourth-order valence-corrected chi connectivity index (χ4v) is 2.89. The third-order valence-electron chi connectivity index (χ3n) is 3.99. The molecule has 3 aromatic rings. The topological polar surface area (TPSA) is 54.3 Å². The molecule has 0 aliphatic rings. The standard InChI is InChI=1S/C18H9F7N2O2S/c1-6-4-10(28)29-9-5-7(2-3-8(6)9)26-17(30)27-16-14(21)12(19)11(18(23,24)25)13(20)15(16)22/h2-5H,1H3,(H2,26,27,30). The molecule has 0 saturated heterocycles. The molecule has 158 valence electrons. The second kappa shape index (κ2) is 7.59. The first-order valence-corrected chi connectivity index (χ1v) is 8.36. The highest BCUT2D eigenvalue weighted by Gasteiger charge is 2.42. The number of nitrogens with one attached hydrogen (secondary N) is 2. The first kappa shape index (κ1) is 21.6. The number of aryl methyl sites for hydroxylation is 1. The molecule has 0 aliphatic heterocycles. The molecule has 0 fully saturated rings. The van der Waals surface area contributed by atoms with Gasteiger partial charge in [-0.15, -0.1) is 0 Å². The van der Waals surface area contributed by atoms with Gasteiger partial charge in [0, 0.05) is 23.2 Å². The summed E-state index contributed by atoms with van der Waals surface area (Å²) in [6.07, 6.45) is -5.65. The molecule has 2 aromatic carbocycles. The van der Waals surface area contributed by atoms with Crippen molar-refractivity contribution in [3.8, 4) is 0 Å². The van der Waals surface area contributed by atoms with E-state index in [0.29, 0.717) is 10.9 Å². The van der Waals surface area contributed by atoms with E-state index in [1.165, 1.54) is 24.3 Å². The smallest absolute Gasteiger partial charge is 0.422 e. The van der Waals surface area contributed by atoms with Gasteiger partial charge in [-0.05, 0) is 36.8 Å². The fraction of sp³-hybridized carbons (Fsp3) is 0.111. The highest BCUT2D eigenvalue weighted by molar-refractivity contribution is 7.80. The van der Waals surface area contributed by atoms with Gasteiger partial charge in [-0.25, -0.2) is 22.4 Å². The minimum atomic E-state index is -5.65. The Kier molecular flexibility index (Phi) is 5.46. The van der Waals surface area contributed by atoms with Gasteiger partial charge in [0.2, 0.25) is 0 Å². The van der Waals surface area contributed by atoms with E-state index >= 15 is 0 Å². The van der Waals surface area contributed by atoms with Gasteiger partial charge in [-0.2, -0.15) is 13.2 Å². The number of rotatable bonds is 2. The molecular weight excluding hydrogens is 441 g/mol. The summed E-state index contributed by atoms with van der Waals surface area (Å²) in [6.45, 7) is 1.66. The number of hydrogen-bond donors (Lipinski definition) is 2. The van der Waals surface area contributed by atoms with Crippen LogP contribution in [0.5, 0.6) is 0 Å². The number of fused-ring (bicyclic) bond motifs is 1. The second-order valence-electron chi connectivity index (χ2n) is 6.04. The van der Waals surface area contributed by atoms with Crippen LogP contribution in [-0.4, -0.2) is 5.11 Å². The van der Waals surface area contributed by atoms with E-state index in [9.17, 15) is 35.5 Å². The minimum Gasteiger partial charge on any atom is -0.423 e. The summed E-state index contributed by atoms with van der Waals surface area (Å²) in [5, 5.41) is 4.20. The summed E-state index contributed by atoms with van der Waals surface area (Å²) in [5.41, 5.74) is -3.94. The van der Waals surface area contributed by atoms with Crippen molar-refractivity contribution < 1.29 is 35.2 Å². The van der Waals surface area contributed by atoms with Crippen molar-refractivity contribution in [2.45, 2.75) is 13.1 Å². The SMILES string of the molecule is Cc1cc(=O)oc2cc(NC(=S)Nc3c(F)c(F)c(C(F)(F)F)c(F)c3F)ccc12. The number of benzene rings is 2. The van der Waals surface area contributed by atoms with Crippen LogP contribution in [0.15, 0.2) is 33.5 Å². The predicted octanol–water partition coefficient (Wildman–Crippen LogP) is 5.49. The van der Waals surface area contributed by atoms with Crippen molar-refractivity contribution >= 4 is 39.7 Å². The monoisotopic (exact) mass is 450 g/mol. The average Bonchev–Trinajstić information content (AvgIpc) is 2.62. The minimum absolute atomic E-state index is 0.150. The molecule has 30 heavy (non-hydrogen) atoms. The van der Waals surface area contributed by atoms with Crippen LogP contribution in [-0.2, 0) is 6.18 Å². The highest BCUT2D eigenvalue weighted by atomic mass is 32.1. The van der Waals surface area contributed by atoms with Gasteiger partial charge in [0.15, 0.2) is 28.4 Å². The van der Waals surface area contributed by atoms with E-state index < -0.39 is 51.4 Å². The van der Waals surface area contributed by atoms with Gasteiger partial charge in [0.05, 0.1) is 0 Å². The van der Waals surface area contributed by atoms with E-state index in [1.807, 2.05) is 0 Å². The first-order chi connectivity index (χ1) is 13.9. The molecule has 0 spiro atoms. The Morgan fingerprint density at radius 2 is 1.57 bits per heavy atom. The first-order valence-electron chi connectivity index (χ1n) is 7.95. The highest BCUT2D eigenvalue weighted by Crippen LogP contribution is 2.38. The summed E-state index contributed by atoms with van der Waals surface area (Å²) in [7, 11) is 0. The number of halogens is 7. The zero-order valence-electron chi connectivity index (χ0n) is 14.7. The van der Waals surface area contributed by atoms with E-state index in [2.05, 4.69) is 5.32 Å². The van der Waals surface area contributed by atoms with Crippen LogP contribution in [0.2, 0.25) is 0 Å². The molecule has 1 heterocycles. The van der Waals surface area contributed by atoms with Crippen molar-refractivity contribution in [2.75, 3.05) is 10.6 Å². The molecule has 2 N–H and O–H groups in total.